The molecular formula is C21H21N3O2. The Morgan fingerprint density at radius 2 is 1.77 bits per heavy atom. The van der Waals surface area contributed by atoms with Crippen molar-refractivity contribution in [1.29, 1.82) is 0 Å². The van der Waals surface area contributed by atoms with Crippen molar-refractivity contribution in [1.82, 2.24) is 15.2 Å². The van der Waals surface area contributed by atoms with E-state index in [1.807, 2.05) is 41.3 Å². The molecule has 2 bridgehead atoms. The van der Waals surface area contributed by atoms with Gasteiger partial charge in [-0.05, 0) is 43.5 Å². The van der Waals surface area contributed by atoms with Crippen molar-refractivity contribution < 1.29 is 4.79 Å². The van der Waals surface area contributed by atoms with Crippen molar-refractivity contribution in [3.8, 4) is 0 Å². The molecule has 1 aromatic heterocycles. The van der Waals surface area contributed by atoms with Gasteiger partial charge in [-0.1, -0.05) is 18.2 Å². The first-order chi connectivity index (χ1) is 12.7. The van der Waals surface area contributed by atoms with Gasteiger partial charge in [0.05, 0.1) is 11.1 Å². The summed E-state index contributed by atoms with van der Waals surface area (Å²) in [6.07, 6.45) is 3.33. The van der Waals surface area contributed by atoms with E-state index in [0.29, 0.717) is 33.9 Å². The minimum atomic E-state index is -0.0272. The molecule has 132 valence electrons. The molecule has 0 unspecified atom stereocenters. The summed E-state index contributed by atoms with van der Waals surface area (Å²) in [7, 11) is 0. The highest BCUT2D eigenvalue weighted by Crippen LogP contribution is 2.24. The molecule has 5 heteroatoms. The van der Waals surface area contributed by atoms with Gasteiger partial charge in [0, 0.05) is 41.5 Å². The fraction of sp³-hybridized carbons (Fsp3) is 0.333. The van der Waals surface area contributed by atoms with Crippen LogP contribution >= 0.6 is 0 Å². The van der Waals surface area contributed by atoms with Gasteiger partial charge in [0.1, 0.15) is 0 Å². The van der Waals surface area contributed by atoms with Gasteiger partial charge in [0.25, 0.3) is 5.91 Å². The van der Waals surface area contributed by atoms with Crippen molar-refractivity contribution >= 4 is 27.7 Å². The monoisotopic (exact) mass is 347 g/mol. The number of H-pyrrole nitrogens is 1. The Morgan fingerprint density at radius 3 is 2.69 bits per heavy atom. The number of likely N-dealkylation sites (tertiary alicyclic amines) is 1. The number of benzene rings is 2. The van der Waals surface area contributed by atoms with Gasteiger partial charge >= 0.3 is 0 Å². The number of aromatic nitrogens is 1. The van der Waals surface area contributed by atoms with Crippen molar-refractivity contribution in [2.75, 3.05) is 13.1 Å². The summed E-state index contributed by atoms with van der Waals surface area (Å²) in [6, 6.07) is 13.8. The smallest absolute Gasteiger partial charge is 0.256 e. The molecule has 0 saturated carbocycles. The van der Waals surface area contributed by atoms with Crippen LogP contribution in [-0.2, 0) is 0 Å². The zero-order valence-corrected chi connectivity index (χ0v) is 14.5. The highest BCUT2D eigenvalue weighted by molar-refractivity contribution is 6.07. The number of nitrogens with zero attached hydrogens (tertiary/aromatic N) is 1. The van der Waals surface area contributed by atoms with Crippen LogP contribution in [0.15, 0.2) is 47.3 Å². The first kappa shape index (κ1) is 15.6. The molecule has 0 radical (unpaired) electrons. The average Bonchev–Trinajstić information content (AvgIpc) is 3.00. The number of carbonyl (C=O) groups excluding carboxylic acids is 1. The van der Waals surface area contributed by atoms with E-state index in [9.17, 15) is 9.59 Å². The number of hydrogen-bond donors (Lipinski definition) is 2. The van der Waals surface area contributed by atoms with Crippen LogP contribution in [0.5, 0.6) is 0 Å². The molecule has 1 amide bonds. The first-order valence-electron chi connectivity index (χ1n) is 9.30. The fourth-order valence-electron chi connectivity index (χ4n) is 4.42. The highest BCUT2D eigenvalue weighted by Gasteiger charge is 2.32. The van der Waals surface area contributed by atoms with Crippen molar-refractivity contribution in [3.05, 3.63) is 58.3 Å². The predicted octanol–water partition coefficient (Wildman–Crippen LogP) is 2.65. The number of rotatable bonds is 1. The lowest BCUT2D eigenvalue weighted by Gasteiger charge is -2.25. The average molecular weight is 347 g/mol. The number of amides is 1. The number of fused-ring (bicyclic) bond motifs is 4. The lowest BCUT2D eigenvalue weighted by molar-refractivity contribution is 0.0750. The summed E-state index contributed by atoms with van der Waals surface area (Å²) < 4.78 is 0. The van der Waals surface area contributed by atoms with Gasteiger partial charge in [0.15, 0.2) is 5.43 Å². The van der Waals surface area contributed by atoms with Crippen LogP contribution in [-0.4, -0.2) is 41.0 Å². The normalized spacial score (nSPS) is 22.7. The van der Waals surface area contributed by atoms with Crippen molar-refractivity contribution in [3.63, 3.8) is 0 Å². The van der Waals surface area contributed by atoms with Gasteiger partial charge in [-0.15, -0.1) is 0 Å². The number of para-hydroxylation sites is 2. The number of pyridine rings is 1. The number of carbonyl (C=O) groups is 1. The van der Waals surface area contributed by atoms with Crippen LogP contribution in [0.1, 0.15) is 29.6 Å². The Kier molecular flexibility index (Phi) is 3.57. The Balaban J connectivity index is 1.62. The molecule has 3 heterocycles. The molecule has 0 aliphatic carbocycles. The molecule has 26 heavy (non-hydrogen) atoms. The molecule has 2 atom stereocenters. The van der Waals surface area contributed by atoms with Gasteiger partial charge in [-0.2, -0.15) is 0 Å². The molecule has 2 fully saturated rings. The number of hydrogen-bond acceptors (Lipinski definition) is 3. The van der Waals surface area contributed by atoms with Crippen molar-refractivity contribution in [2.24, 2.45) is 0 Å². The van der Waals surface area contributed by atoms with Crippen LogP contribution in [0.3, 0.4) is 0 Å². The minimum absolute atomic E-state index is 0.0101. The van der Waals surface area contributed by atoms with Crippen LogP contribution in [0, 0.1) is 0 Å². The molecular weight excluding hydrogens is 326 g/mol. The van der Waals surface area contributed by atoms with E-state index >= 15 is 0 Å². The lowest BCUT2D eigenvalue weighted by Crippen LogP contribution is -2.39. The SMILES string of the molecule is O=C(c1cccc2c(=O)c3ccccc3[nH]c12)N1CC[C@H]2CC[C@@H](C1)N2. The molecule has 2 aliphatic rings. The van der Waals surface area contributed by atoms with Crippen LogP contribution in [0.25, 0.3) is 21.8 Å². The van der Waals surface area contributed by atoms with E-state index < -0.39 is 0 Å². The first-order valence-corrected chi connectivity index (χ1v) is 9.30. The van der Waals surface area contributed by atoms with E-state index in [1.54, 1.807) is 6.07 Å². The standard InChI is InChI=1S/C21H21N3O2/c25-20-15-4-1-2-7-18(15)23-19-16(20)5-3-6-17(19)21(26)24-11-10-13-8-9-14(12-24)22-13/h1-7,13-14,22H,8-12H2,(H,23,25)/t13-,14+/m1/s1. The number of nitrogens with one attached hydrogen (secondary N) is 2. The molecule has 2 saturated heterocycles. The van der Waals surface area contributed by atoms with Gasteiger partial charge in [0.2, 0.25) is 0 Å². The fourth-order valence-corrected chi connectivity index (χ4v) is 4.42. The Labute approximate surface area is 151 Å². The van der Waals surface area contributed by atoms with Crippen LogP contribution < -0.4 is 10.7 Å². The van der Waals surface area contributed by atoms with Gasteiger partial charge in [-0.3, -0.25) is 9.59 Å². The van der Waals surface area contributed by atoms with Gasteiger partial charge < -0.3 is 15.2 Å². The highest BCUT2D eigenvalue weighted by atomic mass is 16.2. The van der Waals surface area contributed by atoms with E-state index in [2.05, 4.69) is 10.3 Å². The Bertz CT molecular complexity index is 1070. The van der Waals surface area contributed by atoms with Gasteiger partial charge in [-0.25, -0.2) is 0 Å². The molecule has 2 N–H and O–H groups in total. The molecule has 5 nitrogen and oxygen atoms in total. The summed E-state index contributed by atoms with van der Waals surface area (Å²) in [6.45, 7) is 1.50. The summed E-state index contributed by atoms with van der Waals surface area (Å²) in [5, 5.41) is 4.83. The molecule has 0 spiro atoms. The molecule has 5 rings (SSSR count). The van der Waals surface area contributed by atoms with E-state index in [4.69, 9.17) is 0 Å². The third kappa shape index (κ3) is 2.42. The largest absolute Gasteiger partial charge is 0.354 e. The zero-order valence-electron chi connectivity index (χ0n) is 14.5. The summed E-state index contributed by atoms with van der Waals surface area (Å²) in [4.78, 5) is 31.4. The molecule has 2 aromatic carbocycles. The van der Waals surface area contributed by atoms with Crippen LogP contribution in [0.2, 0.25) is 0 Å². The van der Waals surface area contributed by atoms with E-state index in [1.165, 1.54) is 6.42 Å². The Hall–Kier alpha value is -2.66. The molecule has 3 aromatic rings. The zero-order chi connectivity index (χ0) is 17.7. The third-order valence-electron chi connectivity index (χ3n) is 5.78. The summed E-state index contributed by atoms with van der Waals surface area (Å²) in [5.41, 5.74) is 1.97. The van der Waals surface area contributed by atoms with E-state index in [0.717, 1.165) is 31.4 Å². The topological polar surface area (TPSA) is 65.2 Å². The second-order valence-electron chi connectivity index (χ2n) is 7.41. The second-order valence-corrected chi connectivity index (χ2v) is 7.41. The quantitative estimate of drug-likeness (QED) is 0.665. The van der Waals surface area contributed by atoms with E-state index in [-0.39, 0.29) is 11.3 Å². The third-order valence-corrected chi connectivity index (χ3v) is 5.78. The maximum atomic E-state index is 13.3. The lowest BCUT2D eigenvalue weighted by atomic mass is 10.0. The number of aromatic amines is 1. The van der Waals surface area contributed by atoms with Crippen molar-refractivity contribution in [2.45, 2.75) is 31.3 Å². The predicted molar refractivity (Wildman–Crippen MR) is 103 cm³/mol. The molecule has 2 aliphatic heterocycles. The second kappa shape index (κ2) is 5.95. The Morgan fingerprint density at radius 1 is 0.962 bits per heavy atom. The maximum absolute atomic E-state index is 13.3. The summed E-state index contributed by atoms with van der Waals surface area (Å²) in [5.74, 6) is 0.0101. The van der Waals surface area contributed by atoms with Crippen LogP contribution in [0.4, 0.5) is 0 Å². The summed E-state index contributed by atoms with van der Waals surface area (Å²) >= 11 is 0. The maximum Gasteiger partial charge on any atom is 0.256 e. The minimum Gasteiger partial charge on any atom is -0.354 e.